The van der Waals surface area contributed by atoms with Gasteiger partial charge in [-0.1, -0.05) is 27.2 Å². The summed E-state index contributed by atoms with van der Waals surface area (Å²) in [6.45, 7) is 6.76. The molecule has 1 nitrogen and oxygen atoms in total. The minimum Gasteiger partial charge on any atom is -0.393 e. The summed E-state index contributed by atoms with van der Waals surface area (Å²) in [7, 11) is 0. The van der Waals surface area contributed by atoms with E-state index in [-0.39, 0.29) is 6.10 Å². The first kappa shape index (κ1) is 9.05. The highest BCUT2D eigenvalue weighted by Gasteiger charge is 2.30. The highest BCUT2D eigenvalue weighted by molar-refractivity contribution is 4.81. The molecule has 1 N–H and O–H groups in total. The quantitative estimate of drug-likeness (QED) is 0.651. The molecule has 0 spiro atoms. The maximum Gasteiger partial charge on any atom is 0.0571 e. The van der Waals surface area contributed by atoms with Gasteiger partial charge in [-0.15, -0.1) is 0 Å². The van der Waals surface area contributed by atoms with E-state index in [4.69, 9.17) is 0 Å². The van der Waals surface area contributed by atoms with E-state index in [2.05, 4.69) is 20.8 Å². The fourth-order valence-electron chi connectivity index (χ4n) is 2.08. The number of aliphatic hydroxyl groups is 1. The van der Waals surface area contributed by atoms with Crippen molar-refractivity contribution in [3.05, 3.63) is 0 Å². The maximum absolute atomic E-state index is 9.61. The van der Waals surface area contributed by atoms with E-state index >= 15 is 0 Å². The number of hydrogen-bond donors (Lipinski definition) is 1. The van der Waals surface area contributed by atoms with Crippen molar-refractivity contribution in [2.75, 3.05) is 0 Å². The Balaban J connectivity index is 2.45. The normalized spacial score (nSPS) is 34.6. The average Bonchev–Trinajstić information content (AvgIpc) is 2.33. The monoisotopic (exact) mass is 156 g/mol. The van der Waals surface area contributed by atoms with Crippen LogP contribution in [0.5, 0.6) is 0 Å². The van der Waals surface area contributed by atoms with Crippen LogP contribution < -0.4 is 0 Å². The third kappa shape index (κ3) is 1.96. The van der Waals surface area contributed by atoms with Crippen molar-refractivity contribution in [1.29, 1.82) is 0 Å². The van der Waals surface area contributed by atoms with Crippen molar-refractivity contribution in [2.24, 2.45) is 17.8 Å². The van der Waals surface area contributed by atoms with E-state index < -0.39 is 0 Å². The summed E-state index contributed by atoms with van der Waals surface area (Å²) in [5.74, 6) is 1.98. The SMILES string of the molecule is CC(C)C(C)C1CCCC1O. The molecule has 0 aromatic carbocycles. The van der Waals surface area contributed by atoms with Gasteiger partial charge in [-0.3, -0.25) is 0 Å². The summed E-state index contributed by atoms with van der Waals surface area (Å²) >= 11 is 0. The molecule has 3 atom stereocenters. The lowest BCUT2D eigenvalue weighted by atomic mass is 9.83. The van der Waals surface area contributed by atoms with Crippen LogP contribution in [0.3, 0.4) is 0 Å². The number of hydrogen-bond acceptors (Lipinski definition) is 1. The lowest BCUT2D eigenvalue weighted by Gasteiger charge is -2.25. The highest BCUT2D eigenvalue weighted by atomic mass is 16.3. The predicted octanol–water partition coefficient (Wildman–Crippen LogP) is 2.44. The topological polar surface area (TPSA) is 20.2 Å². The van der Waals surface area contributed by atoms with E-state index in [9.17, 15) is 5.11 Å². The van der Waals surface area contributed by atoms with Crippen LogP contribution in [-0.4, -0.2) is 11.2 Å². The van der Waals surface area contributed by atoms with Crippen LogP contribution in [0.15, 0.2) is 0 Å². The molecule has 0 aromatic rings. The summed E-state index contributed by atoms with van der Waals surface area (Å²) in [5, 5.41) is 9.61. The van der Waals surface area contributed by atoms with E-state index in [0.717, 1.165) is 6.42 Å². The van der Waals surface area contributed by atoms with Gasteiger partial charge in [0.25, 0.3) is 0 Å². The standard InChI is InChI=1S/C10H20O/c1-7(2)8(3)9-5-4-6-10(9)11/h7-11H,4-6H2,1-3H3. The smallest absolute Gasteiger partial charge is 0.0571 e. The Morgan fingerprint density at radius 1 is 1.18 bits per heavy atom. The van der Waals surface area contributed by atoms with E-state index in [1.54, 1.807) is 0 Å². The van der Waals surface area contributed by atoms with Crippen LogP contribution >= 0.6 is 0 Å². The minimum atomic E-state index is -0.00704. The van der Waals surface area contributed by atoms with Crippen molar-refractivity contribution in [3.8, 4) is 0 Å². The summed E-state index contributed by atoms with van der Waals surface area (Å²) in [6, 6.07) is 0. The fourth-order valence-corrected chi connectivity index (χ4v) is 2.08. The molecule has 3 unspecified atom stereocenters. The Labute approximate surface area is 69.8 Å². The zero-order valence-corrected chi connectivity index (χ0v) is 7.88. The van der Waals surface area contributed by atoms with Crippen LogP contribution in [-0.2, 0) is 0 Å². The van der Waals surface area contributed by atoms with Crippen molar-refractivity contribution in [3.63, 3.8) is 0 Å². The van der Waals surface area contributed by atoms with Gasteiger partial charge >= 0.3 is 0 Å². The first-order valence-corrected chi connectivity index (χ1v) is 4.81. The third-order valence-electron chi connectivity index (χ3n) is 3.26. The first-order chi connectivity index (χ1) is 5.13. The van der Waals surface area contributed by atoms with Crippen molar-refractivity contribution >= 4 is 0 Å². The van der Waals surface area contributed by atoms with Gasteiger partial charge in [0.15, 0.2) is 0 Å². The molecule has 66 valence electrons. The zero-order chi connectivity index (χ0) is 8.43. The number of rotatable bonds is 2. The molecule has 0 aliphatic heterocycles. The van der Waals surface area contributed by atoms with E-state index in [1.165, 1.54) is 12.8 Å². The van der Waals surface area contributed by atoms with Crippen LogP contribution in [0, 0.1) is 17.8 Å². The molecule has 1 heteroatoms. The van der Waals surface area contributed by atoms with Gasteiger partial charge in [0, 0.05) is 0 Å². The molecule has 0 amide bonds. The summed E-state index contributed by atoms with van der Waals surface area (Å²) in [4.78, 5) is 0. The Hall–Kier alpha value is -0.0400. The molecule has 1 fully saturated rings. The van der Waals surface area contributed by atoms with Crippen LogP contribution in [0.2, 0.25) is 0 Å². The van der Waals surface area contributed by atoms with Gasteiger partial charge in [-0.2, -0.15) is 0 Å². The molecule has 0 bridgehead atoms. The van der Waals surface area contributed by atoms with E-state index in [1.807, 2.05) is 0 Å². The van der Waals surface area contributed by atoms with Crippen LogP contribution in [0.25, 0.3) is 0 Å². The lowest BCUT2D eigenvalue weighted by molar-refractivity contribution is 0.0877. The molecule has 1 aliphatic carbocycles. The highest BCUT2D eigenvalue weighted by Crippen LogP contribution is 2.34. The zero-order valence-electron chi connectivity index (χ0n) is 7.88. The van der Waals surface area contributed by atoms with Gasteiger partial charge in [0.05, 0.1) is 6.10 Å². The molecule has 0 saturated heterocycles. The Kier molecular flexibility index (Phi) is 2.94. The molecule has 0 aromatic heterocycles. The second kappa shape index (κ2) is 3.57. The largest absolute Gasteiger partial charge is 0.393 e. The molecular formula is C10H20O. The second-order valence-corrected chi connectivity index (χ2v) is 4.27. The van der Waals surface area contributed by atoms with Gasteiger partial charge in [-0.05, 0) is 30.6 Å². The maximum atomic E-state index is 9.61. The Morgan fingerprint density at radius 2 is 1.82 bits per heavy atom. The molecule has 1 saturated carbocycles. The fraction of sp³-hybridized carbons (Fsp3) is 1.00. The van der Waals surface area contributed by atoms with Crippen LogP contribution in [0.1, 0.15) is 40.0 Å². The summed E-state index contributed by atoms with van der Waals surface area (Å²) < 4.78 is 0. The molecular weight excluding hydrogens is 136 g/mol. The molecule has 0 heterocycles. The molecule has 1 aliphatic rings. The lowest BCUT2D eigenvalue weighted by Crippen LogP contribution is -2.24. The summed E-state index contributed by atoms with van der Waals surface area (Å²) in [5.41, 5.74) is 0. The van der Waals surface area contributed by atoms with Gasteiger partial charge in [0.2, 0.25) is 0 Å². The van der Waals surface area contributed by atoms with Crippen molar-refractivity contribution < 1.29 is 5.11 Å². The minimum absolute atomic E-state index is 0.00704. The molecule has 0 radical (unpaired) electrons. The molecule has 11 heavy (non-hydrogen) atoms. The Morgan fingerprint density at radius 3 is 2.18 bits per heavy atom. The molecule has 1 rings (SSSR count). The predicted molar refractivity (Wildman–Crippen MR) is 47.3 cm³/mol. The van der Waals surface area contributed by atoms with Gasteiger partial charge in [0.1, 0.15) is 0 Å². The van der Waals surface area contributed by atoms with E-state index in [0.29, 0.717) is 17.8 Å². The van der Waals surface area contributed by atoms with Crippen molar-refractivity contribution in [1.82, 2.24) is 0 Å². The van der Waals surface area contributed by atoms with Gasteiger partial charge < -0.3 is 5.11 Å². The van der Waals surface area contributed by atoms with Crippen LogP contribution in [0.4, 0.5) is 0 Å². The first-order valence-electron chi connectivity index (χ1n) is 4.81. The van der Waals surface area contributed by atoms with Gasteiger partial charge in [-0.25, -0.2) is 0 Å². The number of aliphatic hydroxyl groups excluding tert-OH is 1. The Bertz CT molecular complexity index is 120. The average molecular weight is 156 g/mol. The third-order valence-corrected chi connectivity index (χ3v) is 3.26. The summed E-state index contributed by atoms with van der Waals surface area (Å²) in [6.07, 6.45) is 3.48. The van der Waals surface area contributed by atoms with Crippen molar-refractivity contribution in [2.45, 2.75) is 46.1 Å². The second-order valence-electron chi connectivity index (χ2n) is 4.27.